The minimum Gasteiger partial charge on any atom is -0.370 e. The van der Waals surface area contributed by atoms with Gasteiger partial charge in [0, 0.05) is 32.2 Å². The summed E-state index contributed by atoms with van der Waals surface area (Å²) in [6.45, 7) is 1.67. The van der Waals surface area contributed by atoms with Crippen LogP contribution in [0.5, 0.6) is 0 Å². The largest absolute Gasteiger partial charge is 0.370 e. The normalized spacial score (nSPS) is 19.1. The lowest BCUT2D eigenvalue weighted by molar-refractivity contribution is -0.0230. The van der Waals surface area contributed by atoms with Gasteiger partial charge in [-0.1, -0.05) is 0 Å². The first-order valence-corrected chi connectivity index (χ1v) is 6.54. The summed E-state index contributed by atoms with van der Waals surface area (Å²) in [7, 11) is 1.80. The molecule has 1 amide bonds. The van der Waals surface area contributed by atoms with Crippen molar-refractivity contribution in [3.05, 3.63) is 48.0 Å². The van der Waals surface area contributed by atoms with Gasteiger partial charge in [0.15, 0.2) is 0 Å². The first-order valence-electron chi connectivity index (χ1n) is 6.54. The van der Waals surface area contributed by atoms with Gasteiger partial charge in [-0.25, -0.2) is 0 Å². The molecule has 104 valence electrons. The minimum absolute atomic E-state index is 0.0482. The first kappa shape index (κ1) is 12.8. The van der Waals surface area contributed by atoms with Crippen LogP contribution < -0.4 is 0 Å². The second-order valence-electron chi connectivity index (χ2n) is 4.77. The Kier molecular flexibility index (Phi) is 3.47. The molecule has 1 aliphatic heterocycles. The molecule has 0 unspecified atom stereocenters. The number of carbonyl (C=O) groups excluding carboxylic acids is 1. The summed E-state index contributed by atoms with van der Waals surface area (Å²) in [6.07, 6.45) is 5.14. The molecular formula is C14H16N4O2. The molecule has 3 heterocycles. The zero-order chi connectivity index (χ0) is 13.9. The number of morpholine rings is 1. The Morgan fingerprint density at radius 2 is 2.15 bits per heavy atom. The smallest absolute Gasteiger partial charge is 0.274 e. The zero-order valence-corrected chi connectivity index (χ0v) is 11.3. The van der Waals surface area contributed by atoms with Crippen molar-refractivity contribution in [2.24, 2.45) is 7.05 Å². The number of aryl methyl sites for hydroxylation is 1. The predicted molar refractivity (Wildman–Crippen MR) is 72.0 cm³/mol. The maximum absolute atomic E-state index is 12.4. The van der Waals surface area contributed by atoms with Crippen LogP contribution in [0.25, 0.3) is 0 Å². The van der Waals surface area contributed by atoms with Crippen LogP contribution in [0.1, 0.15) is 22.2 Å². The zero-order valence-electron chi connectivity index (χ0n) is 11.3. The second-order valence-corrected chi connectivity index (χ2v) is 4.77. The number of hydrogen-bond acceptors (Lipinski definition) is 4. The summed E-state index contributed by atoms with van der Waals surface area (Å²) < 4.78 is 7.37. The van der Waals surface area contributed by atoms with Gasteiger partial charge in [0.1, 0.15) is 11.8 Å². The molecule has 0 radical (unpaired) electrons. The molecule has 6 nitrogen and oxygen atoms in total. The average molecular weight is 272 g/mol. The molecule has 0 saturated carbocycles. The Morgan fingerprint density at radius 3 is 2.85 bits per heavy atom. The lowest BCUT2D eigenvalue weighted by Crippen LogP contribution is -2.42. The molecule has 0 N–H and O–H groups in total. The van der Waals surface area contributed by atoms with Gasteiger partial charge in [-0.3, -0.25) is 14.5 Å². The molecular weight excluding hydrogens is 256 g/mol. The van der Waals surface area contributed by atoms with Crippen LogP contribution in [0.15, 0.2) is 36.8 Å². The highest BCUT2D eigenvalue weighted by molar-refractivity contribution is 5.92. The molecule has 1 fully saturated rings. The van der Waals surface area contributed by atoms with E-state index < -0.39 is 0 Å². The second kappa shape index (κ2) is 5.42. The molecule has 3 rings (SSSR count). The van der Waals surface area contributed by atoms with E-state index in [1.807, 2.05) is 12.1 Å². The lowest BCUT2D eigenvalue weighted by atomic mass is 10.1. The van der Waals surface area contributed by atoms with Gasteiger partial charge in [0.25, 0.3) is 5.91 Å². The first-order chi connectivity index (χ1) is 9.74. The number of nitrogens with zero attached hydrogens (tertiary/aromatic N) is 4. The van der Waals surface area contributed by atoms with E-state index >= 15 is 0 Å². The van der Waals surface area contributed by atoms with E-state index in [-0.39, 0.29) is 12.0 Å². The molecule has 1 saturated heterocycles. The van der Waals surface area contributed by atoms with E-state index in [1.165, 1.54) is 0 Å². The van der Waals surface area contributed by atoms with Crippen molar-refractivity contribution in [2.75, 3.05) is 19.7 Å². The number of amides is 1. The molecule has 2 aromatic rings. The van der Waals surface area contributed by atoms with Gasteiger partial charge in [-0.05, 0) is 23.8 Å². The summed E-state index contributed by atoms with van der Waals surface area (Å²) in [4.78, 5) is 18.2. The predicted octanol–water partition coefficient (Wildman–Crippen LogP) is 1.03. The molecule has 1 atom stereocenters. The number of carbonyl (C=O) groups is 1. The minimum atomic E-state index is -0.0978. The van der Waals surface area contributed by atoms with E-state index in [0.717, 1.165) is 5.56 Å². The van der Waals surface area contributed by atoms with E-state index in [0.29, 0.717) is 25.4 Å². The summed E-state index contributed by atoms with van der Waals surface area (Å²) >= 11 is 0. The third kappa shape index (κ3) is 2.55. The number of ether oxygens (including phenoxy) is 1. The molecule has 0 bridgehead atoms. The van der Waals surface area contributed by atoms with Crippen LogP contribution in [-0.2, 0) is 11.8 Å². The van der Waals surface area contributed by atoms with Crippen LogP contribution in [0.4, 0.5) is 0 Å². The Balaban J connectivity index is 1.74. The Morgan fingerprint density at radius 1 is 1.35 bits per heavy atom. The van der Waals surface area contributed by atoms with Gasteiger partial charge in [-0.15, -0.1) is 0 Å². The fourth-order valence-electron chi connectivity index (χ4n) is 2.30. The molecule has 1 aliphatic rings. The van der Waals surface area contributed by atoms with Gasteiger partial charge in [-0.2, -0.15) is 5.10 Å². The molecule has 0 aliphatic carbocycles. The molecule has 2 aromatic heterocycles. The fraction of sp³-hybridized carbons (Fsp3) is 0.357. The van der Waals surface area contributed by atoms with Crippen molar-refractivity contribution in [1.82, 2.24) is 19.7 Å². The van der Waals surface area contributed by atoms with Crippen molar-refractivity contribution in [3.63, 3.8) is 0 Å². The summed E-state index contributed by atoms with van der Waals surface area (Å²) in [5, 5.41) is 4.16. The van der Waals surface area contributed by atoms with Crippen molar-refractivity contribution < 1.29 is 9.53 Å². The third-order valence-corrected chi connectivity index (χ3v) is 3.36. The summed E-state index contributed by atoms with van der Waals surface area (Å²) in [6, 6.07) is 5.57. The van der Waals surface area contributed by atoms with Crippen molar-refractivity contribution in [3.8, 4) is 0 Å². The highest BCUT2D eigenvalue weighted by Gasteiger charge is 2.27. The number of rotatable bonds is 2. The van der Waals surface area contributed by atoms with Crippen molar-refractivity contribution >= 4 is 5.91 Å². The quantitative estimate of drug-likeness (QED) is 0.819. The van der Waals surface area contributed by atoms with Gasteiger partial charge >= 0.3 is 0 Å². The number of aromatic nitrogens is 3. The van der Waals surface area contributed by atoms with Gasteiger partial charge < -0.3 is 9.64 Å². The summed E-state index contributed by atoms with van der Waals surface area (Å²) in [5.41, 5.74) is 1.52. The van der Waals surface area contributed by atoms with Gasteiger partial charge in [0.2, 0.25) is 0 Å². The van der Waals surface area contributed by atoms with Crippen LogP contribution >= 0.6 is 0 Å². The van der Waals surface area contributed by atoms with Crippen molar-refractivity contribution in [1.29, 1.82) is 0 Å². The highest BCUT2D eigenvalue weighted by atomic mass is 16.5. The maximum atomic E-state index is 12.4. The van der Waals surface area contributed by atoms with Crippen LogP contribution in [0.2, 0.25) is 0 Å². The average Bonchev–Trinajstić information content (AvgIpc) is 2.94. The molecule has 0 spiro atoms. The Hall–Kier alpha value is -2.21. The van der Waals surface area contributed by atoms with Crippen LogP contribution in [0, 0.1) is 0 Å². The van der Waals surface area contributed by atoms with E-state index in [9.17, 15) is 4.79 Å². The lowest BCUT2D eigenvalue weighted by Gasteiger charge is -2.32. The summed E-state index contributed by atoms with van der Waals surface area (Å²) in [5.74, 6) is -0.0482. The topological polar surface area (TPSA) is 60.2 Å². The number of hydrogen-bond donors (Lipinski definition) is 0. The molecule has 0 aromatic carbocycles. The number of pyridine rings is 1. The van der Waals surface area contributed by atoms with Gasteiger partial charge in [0.05, 0.1) is 13.2 Å². The van der Waals surface area contributed by atoms with Crippen LogP contribution in [0.3, 0.4) is 0 Å². The van der Waals surface area contributed by atoms with Crippen LogP contribution in [-0.4, -0.2) is 45.3 Å². The standard InChI is InChI=1S/C14H16N4O2/c1-17-7-4-12(16-17)14(19)18-8-9-20-13(10-18)11-2-5-15-6-3-11/h2-7,13H,8-10H2,1H3/t13-/m1/s1. The Bertz CT molecular complexity index is 596. The highest BCUT2D eigenvalue weighted by Crippen LogP contribution is 2.22. The third-order valence-electron chi connectivity index (χ3n) is 3.36. The van der Waals surface area contributed by atoms with E-state index in [1.54, 1.807) is 41.3 Å². The molecule has 20 heavy (non-hydrogen) atoms. The maximum Gasteiger partial charge on any atom is 0.274 e. The van der Waals surface area contributed by atoms with E-state index in [2.05, 4.69) is 10.1 Å². The van der Waals surface area contributed by atoms with E-state index in [4.69, 9.17) is 4.74 Å². The molecule has 6 heteroatoms. The fourth-order valence-corrected chi connectivity index (χ4v) is 2.30. The Labute approximate surface area is 117 Å². The SMILES string of the molecule is Cn1ccc(C(=O)N2CCO[C@@H](c3ccncc3)C2)n1. The van der Waals surface area contributed by atoms with Crippen molar-refractivity contribution in [2.45, 2.75) is 6.10 Å². The monoisotopic (exact) mass is 272 g/mol.